The number of hydrogen-bond acceptors (Lipinski definition) is 3. The molecule has 1 N–H and O–H groups in total. The molecular formula is C16H27N3. The topological polar surface area (TPSA) is 28.2 Å². The summed E-state index contributed by atoms with van der Waals surface area (Å²) >= 11 is 0. The van der Waals surface area contributed by atoms with Crippen molar-refractivity contribution in [1.29, 1.82) is 0 Å². The lowest BCUT2D eigenvalue weighted by Crippen LogP contribution is -2.35. The summed E-state index contributed by atoms with van der Waals surface area (Å²) in [6.07, 6.45) is 6.03. The van der Waals surface area contributed by atoms with E-state index in [0.29, 0.717) is 6.04 Å². The van der Waals surface area contributed by atoms with E-state index in [-0.39, 0.29) is 0 Å². The predicted molar refractivity (Wildman–Crippen MR) is 81.6 cm³/mol. The van der Waals surface area contributed by atoms with Crippen LogP contribution in [-0.2, 0) is 0 Å². The van der Waals surface area contributed by atoms with Crippen LogP contribution < -0.4 is 10.2 Å². The SMILES string of the molecule is CCNC(C)c1ccc(N2CCCC(CC)C2)cn1. The molecule has 1 aromatic rings. The Labute approximate surface area is 117 Å². The summed E-state index contributed by atoms with van der Waals surface area (Å²) in [7, 11) is 0. The normalized spacial score (nSPS) is 21.4. The first kappa shape index (κ1) is 14.3. The Balaban J connectivity index is 2.01. The van der Waals surface area contributed by atoms with Gasteiger partial charge in [0.2, 0.25) is 0 Å². The lowest BCUT2D eigenvalue weighted by molar-refractivity contribution is 0.404. The molecule has 0 saturated carbocycles. The van der Waals surface area contributed by atoms with Crippen LogP contribution in [0.3, 0.4) is 0 Å². The van der Waals surface area contributed by atoms with Crippen molar-refractivity contribution in [2.75, 3.05) is 24.5 Å². The number of aromatic nitrogens is 1. The van der Waals surface area contributed by atoms with Gasteiger partial charge in [-0.15, -0.1) is 0 Å². The summed E-state index contributed by atoms with van der Waals surface area (Å²) in [5.74, 6) is 0.856. The zero-order chi connectivity index (χ0) is 13.7. The minimum Gasteiger partial charge on any atom is -0.370 e. The van der Waals surface area contributed by atoms with Gasteiger partial charge in [-0.05, 0) is 44.4 Å². The van der Waals surface area contributed by atoms with Gasteiger partial charge in [-0.3, -0.25) is 4.98 Å². The molecular weight excluding hydrogens is 234 g/mol. The van der Waals surface area contributed by atoms with Gasteiger partial charge in [0.25, 0.3) is 0 Å². The van der Waals surface area contributed by atoms with E-state index >= 15 is 0 Å². The molecule has 1 aliphatic heterocycles. The molecule has 3 heteroatoms. The molecule has 3 nitrogen and oxygen atoms in total. The molecule has 0 aliphatic carbocycles. The van der Waals surface area contributed by atoms with Gasteiger partial charge in [0.05, 0.1) is 17.6 Å². The fourth-order valence-electron chi connectivity index (χ4n) is 2.88. The van der Waals surface area contributed by atoms with Gasteiger partial charge in [0.1, 0.15) is 0 Å². The van der Waals surface area contributed by atoms with Crippen molar-refractivity contribution < 1.29 is 0 Å². The molecule has 106 valence electrons. The van der Waals surface area contributed by atoms with Crippen molar-refractivity contribution in [3.8, 4) is 0 Å². The summed E-state index contributed by atoms with van der Waals surface area (Å²) in [4.78, 5) is 7.11. The maximum absolute atomic E-state index is 4.62. The Kier molecular flexibility index (Phi) is 5.20. The van der Waals surface area contributed by atoms with Crippen LogP contribution >= 0.6 is 0 Å². The molecule has 2 heterocycles. The van der Waals surface area contributed by atoms with Gasteiger partial charge in [0.15, 0.2) is 0 Å². The van der Waals surface area contributed by atoms with Crippen LogP contribution in [0.25, 0.3) is 0 Å². The van der Waals surface area contributed by atoms with E-state index in [9.17, 15) is 0 Å². The molecule has 2 rings (SSSR count). The summed E-state index contributed by atoms with van der Waals surface area (Å²) in [6, 6.07) is 4.73. The van der Waals surface area contributed by atoms with Gasteiger partial charge >= 0.3 is 0 Å². The monoisotopic (exact) mass is 261 g/mol. The van der Waals surface area contributed by atoms with Crippen LogP contribution in [0.15, 0.2) is 18.3 Å². The first-order chi connectivity index (χ1) is 9.24. The second-order valence-corrected chi connectivity index (χ2v) is 5.58. The van der Waals surface area contributed by atoms with Crippen LogP contribution in [-0.4, -0.2) is 24.6 Å². The molecule has 0 bridgehead atoms. The molecule has 1 fully saturated rings. The third-order valence-electron chi connectivity index (χ3n) is 4.19. The lowest BCUT2D eigenvalue weighted by Gasteiger charge is -2.34. The summed E-state index contributed by atoms with van der Waals surface area (Å²) in [6.45, 7) is 9.95. The van der Waals surface area contributed by atoms with Gasteiger partial charge in [-0.25, -0.2) is 0 Å². The Bertz CT molecular complexity index is 374. The number of anilines is 1. The van der Waals surface area contributed by atoms with Crippen molar-refractivity contribution in [1.82, 2.24) is 10.3 Å². The first-order valence-electron chi connectivity index (χ1n) is 7.68. The van der Waals surface area contributed by atoms with Crippen molar-refractivity contribution in [3.63, 3.8) is 0 Å². The summed E-state index contributed by atoms with van der Waals surface area (Å²) < 4.78 is 0. The smallest absolute Gasteiger partial charge is 0.0572 e. The third-order valence-corrected chi connectivity index (χ3v) is 4.19. The maximum atomic E-state index is 4.62. The second-order valence-electron chi connectivity index (χ2n) is 5.58. The molecule has 0 radical (unpaired) electrons. The van der Waals surface area contributed by atoms with E-state index in [0.717, 1.165) is 18.2 Å². The molecule has 1 aliphatic rings. The fourth-order valence-corrected chi connectivity index (χ4v) is 2.88. The first-order valence-corrected chi connectivity index (χ1v) is 7.68. The molecule has 2 atom stereocenters. The number of nitrogens with one attached hydrogen (secondary N) is 1. The number of nitrogens with zero attached hydrogens (tertiary/aromatic N) is 2. The highest BCUT2D eigenvalue weighted by Gasteiger charge is 2.19. The Morgan fingerprint density at radius 1 is 1.42 bits per heavy atom. The maximum Gasteiger partial charge on any atom is 0.0572 e. The van der Waals surface area contributed by atoms with Crippen molar-refractivity contribution in [2.45, 2.75) is 46.1 Å². The molecule has 0 aromatic carbocycles. The van der Waals surface area contributed by atoms with E-state index in [1.807, 2.05) is 6.20 Å². The molecule has 19 heavy (non-hydrogen) atoms. The van der Waals surface area contributed by atoms with Crippen molar-refractivity contribution in [2.24, 2.45) is 5.92 Å². The average molecular weight is 261 g/mol. The van der Waals surface area contributed by atoms with Gasteiger partial charge < -0.3 is 10.2 Å². The summed E-state index contributed by atoms with van der Waals surface area (Å²) in [5, 5.41) is 3.40. The van der Waals surface area contributed by atoms with Gasteiger partial charge in [0, 0.05) is 19.1 Å². The zero-order valence-electron chi connectivity index (χ0n) is 12.5. The lowest BCUT2D eigenvalue weighted by atomic mass is 9.95. The number of pyridine rings is 1. The van der Waals surface area contributed by atoms with Crippen molar-refractivity contribution >= 4 is 5.69 Å². The Morgan fingerprint density at radius 2 is 2.26 bits per heavy atom. The third kappa shape index (κ3) is 3.69. The highest BCUT2D eigenvalue weighted by molar-refractivity contribution is 5.45. The van der Waals surface area contributed by atoms with E-state index < -0.39 is 0 Å². The molecule has 1 aromatic heterocycles. The minimum atomic E-state index is 0.337. The fraction of sp³-hybridized carbons (Fsp3) is 0.688. The number of rotatable bonds is 5. The average Bonchev–Trinajstić information content (AvgIpc) is 2.48. The van der Waals surface area contributed by atoms with Gasteiger partial charge in [-0.2, -0.15) is 0 Å². The molecule has 0 amide bonds. The predicted octanol–water partition coefficient (Wildman–Crippen LogP) is 3.38. The Morgan fingerprint density at radius 3 is 2.89 bits per heavy atom. The highest BCUT2D eigenvalue weighted by atomic mass is 15.1. The standard InChI is InChI=1S/C16H27N3/c1-4-14-7-6-10-19(12-14)15-8-9-16(18-11-15)13(3)17-5-2/h8-9,11,13-14,17H,4-7,10,12H2,1-3H3. The second kappa shape index (κ2) is 6.90. The zero-order valence-corrected chi connectivity index (χ0v) is 12.5. The number of piperidine rings is 1. The van der Waals surface area contributed by atoms with Crippen LogP contribution in [0.1, 0.15) is 51.8 Å². The summed E-state index contributed by atoms with van der Waals surface area (Å²) in [5.41, 5.74) is 2.42. The largest absolute Gasteiger partial charge is 0.370 e. The van der Waals surface area contributed by atoms with Gasteiger partial charge in [-0.1, -0.05) is 20.3 Å². The van der Waals surface area contributed by atoms with E-state index in [1.165, 1.54) is 38.0 Å². The van der Waals surface area contributed by atoms with Crippen LogP contribution in [0, 0.1) is 5.92 Å². The molecule has 1 saturated heterocycles. The van der Waals surface area contributed by atoms with E-state index in [4.69, 9.17) is 0 Å². The van der Waals surface area contributed by atoms with Crippen molar-refractivity contribution in [3.05, 3.63) is 24.0 Å². The van der Waals surface area contributed by atoms with Crippen LogP contribution in [0.5, 0.6) is 0 Å². The molecule has 2 unspecified atom stereocenters. The molecule has 0 spiro atoms. The van der Waals surface area contributed by atoms with Crippen LogP contribution in [0.4, 0.5) is 5.69 Å². The minimum absolute atomic E-state index is 0.337. The quantitative estimate of drug-likeness (QED) is 0.880. The van der Waals surface area contributed by atoms with E-state index in [2.05, 4.69) is 48.1 Å². The highest BCUT2D eigenvalue weighted by Crippen LogP contribution is 2.25. The Hall–Kier alpha value is -1.09. The van der Waals surface area contributed by atoms with Crippen LogP contribution in [0.2, 0.25) is 0 Å². The van der Waals surface area contributed by atoms with E-state index in [1.54, 1.807) is 0 Å². The number of hydrogen-bond donors (Lipinski definition) is 1.